The number of halogens is 1. The number of thioether (sulfide) groups is 1. The Morgan fingerprint density at radius 3 is 2.56 bits per heavy atom. The highest BCUT2D eigenvalue weighted by Crippen LogP contribution is 2.30. The average molecular weight is 372 g/mol. The van der Waals surface area contributed by atoms with Gasteiger partial charge >= 0.3 is 0 Å². The first-order valence-electron chi connectivity index (χ1n) is 8.06. The number of carbonyl (C=O) groups excluding carboxylic acids is 1. The number of hydrogen-bond donors (Lipinski definition) is 0. The van der Waals surface area contributed by atoms with Crippen LogP contribution in [0.4, 0.5) is 0 Å². The van der Waals surface area contributed by atoms with E-state index in [1.54, 1.807) is 23.2 Å². The summed E-state index contributed by atoms with van der Waals surface area (Å²) in [5.41, 5.74) is 1.98. The SMILES string of the molecule is CC[C@@H]1S/C(=N\N=C/c2ccc(Cl)cc2)N(Cc2ccccc2)C1=O. The largest absolute Gasteiger partial charge is 0.284 e. The van der Waals surface area contributed by atoms with E-state index in [2.05, 4.69) is 10.2 Å². The molecule has 1 aliphatic heterocycles. The molecular formula is C19H18ClN3OS. The van der Waals surface area contributed by atoms with E-state index in [9.17, 15) is 4.79 Å². The minimum absolute atomic E-state index is 0.0896. The van der Waals surface area contributed by atoms with Crippen LogP contribution in [0.5, 0.6) is 0 Å². The van der Waals surface area contributed by atoms with Crippen LogP contribution in [0.2, 0.25) is 5.02 Å². The molecule has 0 aromatic heterocycles. The zero-order valence-electron chi connectivity index (χ0n) is 13.8. The quantitative estimate of drug-likeness (QED) is 0.570. The lowest BCUT2D eigenvalue weighted by molar-refractivity contribution is -0.126. The Hall–Kier alpha value is -2.11. The number of amides is 1. The summed E-state index contributed by atoms with van der Waals surface area (Å²) in [5.74, 6) is 0.0943. The summed E-state index contributed by atoms with van der Waals surface area (Å²) in [4.78, 5) is 14.3. The number of rotatable bonds is 5. The van der Waals surface area contributed by atoms with Crippen molar-refractivity contribution in [1.29, 1.82) is 0 Å². The fourth-order valence-corrected chi connectivity index (χ4v) is 3.60. The number of amidine groups is 1. The highest BCUT2D eigenvalue weighted by molar-refractivity contribution is 8.15. The van der Waals surface area contributed by atoms with Gasteiger partial charge in [0.25, 0.3) is 0 Å². The standard InChI is InChI=1S/C19H18ClN3OS/c1-2-17-18(24)23(13-15-6-4-3-5-7-15)19(25-17)22-21-12-14-8-10-16(20)11-9-14/h3-12,17H,2,13H2,1H3/b21-12-,22-19-/t17-/m0/s1. The average Bonchev–Trinajstić information content (AvgIpc) is 2.93. The molecule has 3 rings (SSSR count). The van der Waals surface area contributed by atoms with Gasteiger partial charge in [0.1, 0.15) is 0 Å². The van der Waals surface area contributed by atoms with Crippen LogP contribution in [-0.2, 0) is 11.3 Å². The van der Waals surface area contributed by atoms with Gasteiger partial charge in [0.2, 0.25) is 5.91 Å². The summed E-state index contributed by atoms with van der Waals surface area (Å²) >= 11 is 7.35. The molecule has 25 heavy (non-hydrogen) atoms. The van der Waals surface area contributed by atoms with E-state index in [-0.39, 0.29) is 11.2 Å². The third-order valence-corrected chi connectivity index (χ3v) is 5.38. The van der Waals surface area contributed by atoms with Crippen molar-refractivity contribution in [2.45, 2.75) is 25.1 Å². The van der Waals surface area contributed by atoms with Gasteiger partial charge in [-0.2, -0.15) is 5.10 Å². The Labute approximate surface area is 156 Å². The molecular weight excluding hydrogens is 354 g/mol. The fourth-order valence-electron chi connectivity index (χ4n) is 2.45. The van der Waals surface area contributed by atoms with E-state index >= 15 is 0 Å². The van der Waals surface area contributed by atoms with Gasteiger partial charge in [-0.05, 0) is 29.7 Å². The molecule has 1 atom stereocenters. The molecule has 0 saturated carbocycles. The summed E-state index contributed by atoms with van der Waals surface area (Å²) in [6.45, 7) is 2.52. The molecule has 0 aliphatic carbocycles. The van der Waals surface area contributed by atoms with Gasteiger partial charge in [0.05, 0.1) is 18.0 Å². The predicted octanol–water partition coefficient (Wildman–Crippen LogP) is 4.58. The van der Waals surface area contributed by atoms with Gasteiger partial charge < -0.3 is 0 Å². The first kappa shape index (κ1) is 17.7. The van der Waals surface area contributed by atoms with Crippen LogP contribution in [0.3, 0.4) is 0 Å². The van der Waals surface area contributed by atoms with Gasteiger partial charge in [-0.3, -0.25) is 9.69 Å². The first-order chi connectivity index (χ1) is 12.2. The van der Waals surface area contributed by atoms with E-state index in [0.29, 0.717) is 16.7 Å². The molecule has 0 N–H and O–H groups in total. The Balaban J connectivity index is 1.78. The summed E-state index contributed by atoms with van der Waals surface area (Å²) in [7, 11) is 0. The molecule has 6 heteroatoms. The summed E-state index contributed by atoms with van der Waals surface area (Å²) in [6.07, 6.45) is 2.43. The summed E-state index contributed by atoms with van der Waals surface area (Å²) in [5, 5.41) is 9.68. The van der Waals surface area contributed by atoms with E-state index in [1.165, 1.54) is 11.8 Å². The van der Waals surface area contributed by atoms with E-state index < -0.39 is 0 Å². The Bertz CT molecular complexity index is 790. The van der Waals surface area contributed by atoms with Gasteiger partial charge in [-0.25, -0.2) is 0 Å². The zero-order valence-corrected chi connectivity index (χ0v) is 15.4. The molecule has 1 fully saturated rings. The van der Waals surface area contributed by atoms with Gasteiger partial charge in [0.15, 0.2) is 5.17 Å². The molecule has 2 aromatic carbocycles. The molecule has 2 aromatic rings. The minimum Gasteiger partial charge on any atom is -0.284 e. The van der Waals surface area contributed by atoms with Crippen LogP contribution in [0, 0.1) is 0 Å². The van der Waals surface area contributed by atoms with E-state index in [4.69, 9.17) is 11.6 Å². The Kier molecular flexibility index (Phi) is 5.89. The van der Waals surface area contributed by atoms with E-state index in [0.717, 1.165) is 17.5 Å². The van der Waals surface area contributed by atoms with Crippen molar-refractivity contribution in [2.24, 2.45) is 10.2 Å². The van der Waals surface area contributed by atoms with Crippen LogP contribution in [-0.4, -0.2) is 27.4 Å². The third kappa shape index (κ3) is 4.50. The number of nitrogens with zero attached hydrogens (tertiary/aromatic N) is 3. The predicted molar refractivity (Wildman–Crippen MR) is 105 cm³/mol. The summed E-state index contributed by atoms with van der Waals surface area (Å²) in [6, 6.07) is 17.3. The van der Waals surface area contributed by atoms with Crippen LogP contribution < -0.4 is 0 Å². The molecule has 128 valence electrons. The third-order valence-electron chi connectivity index (χ3n) is 3.79. The Morgan fingerprint density at radius 1 is 1.16 bits per heavy atom. The maximum absolute atomic E-state index is 12.6. The lowest BCUT2D eigenvalue weighted by atomic mass is 10.2. The maximum atomic E-state index is 12.6. The molecule has 1 saturated heterocycles. The molecule has 4 nitrogen and oxygen atoms in total. The van der Waals surface area contributed by atoms with Crippen molar-refractivity contribution in [3.8, 4) is 0 Å². The van der Waals surface area contributed by atoms with Crippen molar-refractivity contribution in [3.05, 3.63) is 70.7 Å². The number of carbonyl (C=O) groups is 1. The van der Waals surface area contributed by atoms with Crippen LogP contribution >= 0.6 is 23.4 Å². The highest BCUT2D eigenvalue weighted by Gasteiger charge is 2.36. The molecule has 1 heterocycles. The lowest BCUT2D eigenvalue weighted by Gasteiger charge is -2.15. The van der Waals surface area contributed by atoms with Gasteiger partial charge in [-0.1, -0.05) is 72.8 Å². The molecule has 0 radical (unpaired) electrons. The second kappa shape index (κ2) is 8.32. The zero-order chi connectivity index (χ0) is 17.6. The maximum Gasteiger partial charge on any atom is 0.242 e. The molecule has 0 bridgehead atoms. The normalized spacial score (nSPS) is 19.3. The van der Waals surface area contributed by atoms with Crippen molar-refractivity contribution in [1.82, 2.24) is 4.90 Å². The second-order valence-corrected chi connectivity index (χ2v) is 7.21. The molecule has 1 amide bonds. The monoisotopic (exact) mass is 371 g/mol. The highest BCUT2D eigenvalue weighted by atomic mass is 35.5. The van der Waals surface area contributed by atoms with Gasteiger partial charge in [0, 0.05) is 5.02 Å². The minimum atomic E-state index is -0.0896. The first-order valence-corrected chi connectivity index (χ1v) is 9.31. The molecule has 0 spiro atoms. The fraction of sp³-hybridized carbons (Fsp3) is 0.211. The number of hydrogen-bond acceptors (Lipinski definition) is 4. The molecule has 0 unspecified atom stereocenters. The Morgan fingerprint density at radius 2 is 1.88 bits per heavy atom. The van der Waals surface area contributed by atoms with E-state index in [1.807, 2.05) is 49.4 Å². The second-order valence-electron chi connectivity index (χ2n) is 5.60. The van der Waals surface area contributed by atoms with Crippen molar-refractivity contribution in [3.63, 3.8) is 0 Å². The molecule has 1 aliphatic rings. The van der Waals surface area contributed by atoms with Crippen molar-refractivity contribution >= 4 is 40.7 Å². The van der Waals surface area contributed by atoms with Crippen LogP contribution in [0.25, 0.3) is 0 Å². The van der Waals surface area contributed by atoms with Crippen molar-refractivity contribution < 1.29 is 4.79 Å². The lowest BCUT2D eigenvalue weighted by Crippen LogP contribution is -2.31. The summed E-state index contributed by atoms with van der Waals surface area (Å²) < 4.78 is 0. The smallest absolute Gasteiger partial charge is 0.242 e. The van der Waals surface area contributed by atoms with Crippen LogP contribution in [0.15, 0.2) is 64.8 Å². The van der Waals surface area contributed by atoms with Gasteiger partial charge in [-0.15, -0.1) is 5.10 Å². The van der Waals surface area contributed by atoms with Crippen LogP contribution in [0.1, 0.15) is 24.5 Å². The number of benzene rings is 2. The van der Waals surface area contributed by atoms with Crippen molar-refractivity contribution in [2.75, 3.05) is 0 Å². The topological polar surface area (TPSA) is 45.0 Å².